The van der Waals surface area contributed by atoms with E-state index < -0.39 is 0 Å². The van der Waals surface area contributed by atoms with Gasteiger partial charge in [0, 0.05) is 23.9 Å². The second-order valence-electron chi connectivity index (χ2n) is 6.48. The molecule has 0 saturated heterocycles. The number of rotatable bonds is 6. The molecule has 30 heavy (non-hydrogen) atoms. The first-order valence-electron chi connectivity index (χ1n) is 9.34. The number of carbonyl (C=O) groups is 2. The lowest BCUT2D eigenvalue weighted by molar-refractivity contribution is -0.117. The van der Waals surface area contributed by atoms with Crippen molar-refractivity contribution in [2.75, 3.05) is 10.6 Å². The smallest absolute Gasteiger partial charge is 0.257 e. The number of hydrogen-bond donors (Lipinski definition) is 4. The Morgan fingerprint density at radius 1 is 0.900 bits per heavy atom. The molecule has 0 aliphatic heterocycles. The van der Waals surface area contributed by atoms with E-state index in [9.17, 15) is 9.59 Å². The Kier molecular flexibility index (Phi) is 8.70. The normalized spacial score (nSPS) is 11.0. The van der Waals surface area contributed by atoms with Gasteiger partial charge < -0.3 is 20.7 Å². The van der Waals surface area contributed by atoms with E-state index in [4.69, 9.17) is 29.2 Å². The maximum absolute atomic E-state index is 12.4. The Morgan fingerprint density at radius 2 is 1.40 bits per heavy atom. The lowest BCUT2D eigenvalue weighted by atomic mass is 10.2. The molecule has 158 valence electrons. The van der Waals surface area contributed by atoms with Gasteiger partial charge in [-0.25, -0.2) is 0 Å². The maximum atomic E-state index is 12.4. The van der Waals surface area contributed by atoms with E-state index >= 15 is 0 Å². The molecule has 1 atom stereocenters. The van der Waals surface area contributed by atoms with E-state index in [1.807, 2.05) is 13.8 Å². The van der Waals surface area contributed by atoms with Gasteiger partial charge in [-0.1, -0.05) is 6.92 Å². The summed E-state index contributed by atoms with van der Waals surface area (Å²) in [5, 5.41) is 11.3. The van der Waals surface area contributed by atoms with E-state index in [2.05, 4.69) is 21.3 Å². The van der Waals surface area contributed by atoms with Gasteiger partial charge in [-0.2, -0.15) is 0 Å². The van der Waals surface area contributed by atoms with Crippen LogP contribution in [0.25, 0.3) is 0 Å². The van der Waals surface area contributed by atoms with Crippen molar-refractivity contribution in [2.45, 2.75) is 33.3 Å². The SMILES string of the molecule is CC[C@@H](C)Oc1ccc(C(=O)NC(=S)Nc2ccc(NC(=S)NC(C)=O)cc2)cc1. The highest BCUT2D eigenvalue weighted by Gasteiger charge is 2.09. The molecule has 2 rings (SSSR count). The summed E-state index contributed by atoms with van der Waals surface area (Å²) >= 11 is 10.2. The lowest BCUT2D eigenvalue weighted by Crippen LogP contribution is -2.34. The Bertz CT molecular complexity index is 915. The van der Waals surface area contributed by atoms with Crippen LogP contribution in [0.5, 0.6) is 5.75 Å². The van der Waals surface area contributed by atoms with Crippen LogP contribution >= 0.6 is 24.4 Å². The predicted molar refractivity (Wildman–Crippen MR) is 127 cm³/mol. The van der Waals surface area contributed by atoms with E-state index in [1.165, 1.54) is 6.92 Å². The van der Waals surface area contributed by atoms with Gasteiger partial charge in [0.25, 0.3) is 5.91 Å². The molecule has 0 aromatic heterocycles. The van der Waals surface area contributed by atoms with Gasteiger partial charge in [-0.05, 0) is 86.3 Å². The molecule has 0 radical (unpaired) electrons. The average Bonchev–Trinajstić information content (AvgIpc) is 2.69. The predicted octanol–water partition coefficient (Wildman–Crippen LogP) is 3.82. The monoisotopic (exact) mass is 444 g/mol. The van der Waals surface area contributed by atoms with E-state index in [0.717, 1.165) is 6.42 Å². The van der Waals surface area contributed by atoms with Crippen LogP contribution in [0.4, 0.5) is 11.4 Å². The summed E-state index contributed by atoms with van der Waals surface area (Å²) in [6, 6.07) is 13.9. The summed E-state index contributed by atoms with van der Waals surface area (Å²) in [6.07, 6.45) is 1.02. The minimum atomic E-state index is -0.318. The second kappa shape index (κ2) is 11.2. The number of anilines is 2. The van der Waals surface area contributed by atoms with Crippen LogP contribution in [0, 0.1) is 0 Å². The highest BCUT2D eigenvalue weighted by molar-refractivity contribution is 7.80. The van der Waals surface area contributed by atoms with Crippen molar-refractivity contribution in [3.8, 4) is 5.75 Å². The van der Waals surface area contributed by atoms with Crippen molar-refractivity contribution in [3.63, 3.8) is 0 Å². The van der Waals surface area contributed by atoms with Crippen molar-refractivity contribution in [3.05, 3.63) is 54.1 Å². The number of hydrogen-bond acceptors (Lipinski definition) is 5. The number of thiocarbonyl (C=S) groups is 2. The van der Waals surface area contributed by atoms with Crippen molar-refractivity contribution >= 4 is 57.8 Å². The van der Waals surface area contributed by atoms with Gasteiger partial charge in [0.1, 0.15) is 5.75 Å². The van der Waals surface area contributed by atoms with Gasteiger partial charge in [-0.3, -0.25) is 14.9 Å². The minimum Gasteiger partial charge on any atom is -0.491 e. The fourth-order valence-electron chi connectivity index (χ4n) is 2.30. The van der Waals surface area contributed by atoms with Gasteiger partial charge in [-0.15, -0.1) is 0 Å². The number of amides is 2. The third kappa shape index (κ3) is 7.76. The van der Waals surface area contributed by atoms with Gasteiger partial charge >= 0.3 is 0 Å². The molecular formula is C21H24N4O3S2. The highest BCUT2D eigenvalue weighted by Crippen LogP contribution is 2.16. The summed E-state index contributed by atoms with van der Waals surface area (Å²) < 4.78 is 5.71. The second-order valence-corrected chi connectivity index (χ2v) is 7.30. The van der Waals surface area contributed by atoms with Crippen LogP contribution in [0.15, 0.2) is 48.5 Å². The molecule has 9 heteroatoms. The molecule has 4 N–H and O–H groups in total. The summed E-state index contributed by atoms with van der Waals surface area (Å²) in [6.45, 7) is 5.42. The summed E-state index contributed by atoms with van der Waals surface area (Å²) in [5.41, 5.74) is 1.87. The number of nitrogens with one attached hydrogen (secondary N) is 4. The Balaban J connectivity index is 1.86. The highest BCUT2D eigenvalue weighted by atomic mass is 32.1. The van der Waals surface area contributed by atoms with Gasteiger partial charge in [0.05, 0.1) is 6.10 Å². The Labute approximate surface area is 186 Å². The number of carbonyl (C=O) groups excluding carboxylic acids is 2. The average molecular weight is 445 g/mol. The zero-order valence-electron chi connectivity index (χ0n) is 16.9. The van der Waals surface area contributed by atoms with Gasteiger partial charge in [0.15, 0.2) is 10.2 Å². The van der Waals surface area contributed by atoms with Crippen LogP contribution in [-0.2, 0) is 4.79 Å². The molecule has 0 unspecified atom stereocenters. The Hall–Kier alpha value is -3.04. The van der Waals surface area contributed by atoms with Crippen molar-refractivity contribution in [1.82, 2.24) is 10.6 Å². The largest absolute Gasteiger partial charge is 0.491 e. The molecule has 0 fully saturated rings. The van der Waals surface area contributed by atoms with Gasteiger partial charge in [0.2, 0.25) is 5.91 Å². The number of benzene rings is 2. The molecule has 0 spiro atoms. The van der Waals surface area contributed by atoms with Crippen LogP contribution in [-0.4, -0.2) is 28.1 Å². The van der Waals surface area contributed by atoms with Crippen LogP contribution < -0.4 is 26.0 Å². The molecule has 0 aliphatic rings. The molecule has 0 bridgehead atoms. The zero-order chi connectivity index (χ0) is 22.1. The molecule has 2 amide bonds. The number of ether oxygens (including phenoxy) is 1. The molecule has 2 aromatic rings. The fraction of sp³-hybridized carbons (Fsp3) is 0.238. The summed E-state index contributed by atoms with van der Waals surface area (Å²) in [5.74, 6) is 0.152. The first kappa shape index (κ1) is 23.2. The minimum absolute atomic E-state index is 0.115. The fourth-order valence-corrected chi connectivity index (χ4v) is 2.77. The third-order valence-electron chi connectivity index (χ3n) is 3.95. The van der Waals surface area contributed by atoms with Crippen LogP contribution in [0.2, 0.25) is 0 Å². The third-order valence-corrected chi connectivity index (χ3v) is 4.35. The van der Waals surface area contributed by atoms with E-state index in [0.29, 0.717) is 22.7 Å². The first-order valence-corrected chi connectivity index (χ1v) is 10.2. The molecule has 0 aliphatic carbocycles. The van der Waals surface area contributed by atoms with Crippen molar-refractivity contribution in [2.24, 2.45) is 0 Å². The first-order chi connectivity index (χ1) is 14.3. The lowest BCUT2D eigenvalue weighted by Gasteiger charge is -2.13. The quantitative estimate of drug-likeness (QED) is 0.504. The molecule has 0 saturated carbocycles. The van der Waals surface area contributed by atoms with Crippen molar-refractivity contribution < 1.29 is 14.3 Å². The summed E-state index contributed by atoms with van der Waals surface area (Å²) in [7, 11) is 0. The van der Waals surface area contributed by atoms with E-state index in [1.54, 1.807) is 48.5 Å². The molecular weight excluding hydrogens is 420 g/mol. The Morgan fingerprint density at radius 3 is 1.87 bits per heavy atom. The topological polar surface area (TPSA) is 91.5 Å². The van der Waals surface area contributed by atoms with Crippen molar-refractivity contribution in [1.29, 1.82) is 0 Å². The van der Waals surface area contributed by atoms with Crippen LogP contribution in [0.1, 0.15) is 37.6 Å². The molecule has 0 heterocycles. The molecule has 2 aromatic carbocycles. The molecule has 7 nitrogen and oxygen atoms in total. The maximum Gasteiger partial charge on any atom is 0.257 e. The van der Waals surface area contributed by atoms with Crippen LogP contribution in [0.3, 0.4) is 0 Å². The summed E-state index contributed by atoms with van der Waals surface area (Å²) in [4.78, 5) is 23.3. The van der Waals surface area contributed by atoms with E-state index in [-0.39, 0.29) is 28.1 Å². The standard InChI is InChI=1S/C21H24N4O3S2/c1-4-13(2)28-18-11-5-15(6-12-18)19(27)25-21(30)24-17-9-7-16(8-10-17)23-20(29)22-14(3)26/h5-13H,4H2,1-3H3,(H2,22,23,26,29)(H2,24,25,27,30)/t13-/m1/s1. The zero-order valence-corrected chi connectivity index (χ0v) is 18.6.